The number of hydrogen-bond acceptors (Lipinski definition) is 2. The zero-order valence-electron chi connectivity index (χ0n) is 10.2. The molecule has 1 unspecified atom stereocenters. The molecule has 1 N–H and O–H groups in total. The van der Waals surface area contributed by atoms with E-state index in [1.165, 1.54) is 12.8 Å². The van der Waals surface area contributed by atoms with Crippen molar-refractivity contribution < 1.29 is 0 Å². The number of nitrogens with zero attached hydrogens (tertiary/aromatic N) is 1. The maximum absolute atomic E-state index is 4.03. The minimum atomic E-state index is 0.0768. The van der Waals surface area contributed by atoms with E-state index >= 15 is 0 Å². The Morgan fingerprint density at radius 1 is 1.38 bits per heavy atom. The van der Waals surface area contributed by atoms with Crippen LogP contribution in [-0.2, 0) is 0 Å². The van der Waals surface area contributed by atoms with Crippen LogP contribution >= 0.6 is 0 Å². The minimum absolute atomic E-state index is 0.0768. The first-order chi connectivity index (χ1) is 7.80. The molecule has 1 aliphatic carbocycles. The van der Waals surface area contributed by atoms with E-state index < -0.39 is 0 Å². The predicted octanol–water partition coefficient (Wildman–Crippen LogP) is 2.11. The van der Waals surface area contributed by atoms with Gasteiger partial charge in [0.2, 0.25) is 0 Å². The van der Waals surface area contributed by atoms with Crippen molar-refractivity contribution in [3.8, 4) is 0 Å². The number of likely N-dealkylation sites (tertiary alicyclic amines) is 1. The number of hydrogen-bond donors (Lipinski definition) is 1. The first-order valence-electron chi connectivity index (χ1n) is 6.21. The summed E-state index contributed by atoms with van der Waals surface area (Å²) < 4.78 is 0. The normalized spacial score (nSPS) is 31.8. The van der Waals surface area contributed by atoms with Crippen LogP contribution in [0.15, 0.2) is 37.0 Å². The Hall–Kier alpha value is -0.860. The van der Waals surface area contributed by atoms with E-state index in [9.17, 15) is 0 Å². The lowest BCUT2D eigenvalue weighted by molar-refractivity contribution is 0.125. The van der Waals surface area contributed by atoms with Crippen molar-refractivity contribution in [2.45, 2.75) is 30.8 Å². The molecule has 1 atom stereocenters. The van der Waals surface area contributed by atoms with Gasteiger partial charge in [-0.2, -0.15) is 0 Å². The van der Waals surface area contributed by atoms with Gasteiger partial charge in [-0.1, -0.05) is 30.4 Å². The van der Waals surface area contributed by atoms with E-state index in [0.29, 0.717) is 6.04 Å². The second kappa shape index (κ2) is 4.98. The minimum Gasteiger partial charge on any atom is -0.317 e. The van der Waals surface area contributed by atoms with Crippen LogP contribution in [0.25, 0.3) is 0 Å². The average Bonchev–Trinajstić information content (AvgIpc) is 2.39. The fourth-order valence-corrected chi connectivity index (χ4v) is 2.73. The molecule has 1 saturated heterocycles. The molecule has 0 radical (unpaired) electrons. The van der Waals surface area contributed by atoms with Crippen LogP contribution in [0, 0.1) is 0 Å². The van der Waals surface area contributed by atoms with Gasteiger partial charge in [-0.05, 0) is 26.3 Å². The third-order valence-electron chi connectivity index (χ3n) is 3.92. The summed E-state index contributed by atoms with van der Waals surface area (Å²) in [5.74, 6) is 0. The summed E-state index contributed by atoms with van der Waals surface area (Å²) in [6.45, 7) is 6.35. The van der Waals surface area contributed by atoms with Crippen molar-refractivity contribution >= 4 is 0 Å². The Bertz CT molecular complexity index is 298. The number of piperidine rings is 1. The van der Waals surface area contributed by atoms with Gasteiger partial charge >= 0.3 is 0 Å². The van der Waals surface area contributed by atoms with Crippen molar-refractivity contribution in [3.05, 3.63) is 37.0 Å². The smallest absolute Gasteiger partial charge is 0.0610 e. The summed E-state index contributed by atoms with van der Waals surface area (Å²) in [5, 5.41) is 3.37. The number of nitrogens with one attached hydrogen (secondary N) is 1. The summed E-state index contributed by atoms with van der Waals surface area (Å²) >= 11 is 0. The van der Waals surface area contributed by atoms with Gasteiger partial charge < -0.3 is 5.32 Å². The first kappa shape index (κ1) is 11.6. The van der Waals surface area contributed by atoms with Crippen molar-refractivity contribution in [1.82, 2.24) is 10.2 Å². The molecule has 0 saturated carbocycles. The Morgan fingerprint density at radius 2 is 2.12 bits per heavy atom. The van der Waals surface area contributed by atoms with Gasteiger partial charge in [0.25, 0.3) is 0 Å². The highest BCUT2D eigenvalue weighted by Gasteiger charge is 2.33. The molecule has 0 amide bonds. The van der Waals surface area contributed by atoms with E-state index in [0.717, 1.165) is 19.5 Å². The fraction of sp³-hybridized carbons (Fsp3) is 0.571. The van der Waals surface area contributed by atoms with Crippen LogP contribution in [0.3, 0.4) is 0 Å². The average molecular weight is 218 g/mol. The molecule has 0 aromatic heterocycles. The van der Waals surface area contributed by atoms with Crippen LogP contribution in [-0.4, -0.2) is 36.6 Å². The Morgan fingerprint density at radius 3 is 2.62 bits per heavy atom. The van der Waals surface area contributed by atoms with Crippen molar-refractivity contribution in [3.63, 3.8) is 0 Å². The molecule has 0 aromatic carbocycles. The maximum atomic E-state index is 4.03. The van der Waals surface area contributed by atoms with Crippen LogP contribution in [0.1, 0.15) is 19.3 Å². The Labute approximate surface area is 98.7 Å². The molecule has 88 valence electrons. The molecule has 16 heavy (non-hydrogen) atoms. The maximum Gasteiger partial charge on any atom is 0.0610 e. The number of rotatable bonds is 3. The zero-order chi connectivity index (χ0) is 11.4. The monoisotopic (exact) mass is 218 g/mol. The highest BCUT2D eigenvalue weighted by atomic mass is 15.2. The summed E-state index contributed by atoms with van der Waals surface area (Å²) in [6.07, 6.45) is 14.5. The SMILES string of the molecule is C=CC1(N2CCC(NC)CC2)C=CC=CC1. The highest BCUT2D eigenvalue weighted by molar-refractivity contribution is 5.27. The van der Waals surface area contributed by atoms with Gasteiger partial charge in [-0.25, -0.2) is 0 Å². The highest BCUT2D eigenvalue weighted by Crippen LogP contribution is 2.29. The standard InChI is InChI=1S/C14H22N2/c1-3-14(9-5-4-6-10-14)16-11-7-13(15-2)8-12-16/h3-6,9,13,15H,1,7-8,10-12H2,2H3. The first-order valence-corrected chi connectivity index (χ1v) is 6.21. The molecular weight excluding hydrogens is 196 g/mol. The van der Waals surface area contributed by atoms with Crippen molar-refractivity contribution in [1.29, 1.82) is 0 Å². The van der Waals surface area contributed by atoms with Crippen LogP contribution in [0.4, 0.5) is 0 Å². The molecule has 0 bridgehead atoms. The molecular formula is C14H22N2. The van der Waals surface area contributed by atoms with Gasteiger partial charge in [0, 0.05) is 19.1 Å². The van der Waals surface area contributed by atoms with Crippen molar-refractivity contribution in [2.75, 3.05) is 20.1 Å². The summed E-state index contributed by atoms with van der Waals surface area (Å²) in [5.41, 5.74) is 0.0768. The van der Waals surface area contributed by atoms with Gasteiger partial charge in [-0.15, -0.1) is 6.58 Å². The largest absolute Gasteiger partial charge is 0.317 e. The molecule has 2 aliphatic rings. The van der Waals surface area contributed by atoms with E-state index in [2.05, 4.69) is 54.2 Å². The lowest BCUT2D eigenvalue weighted by Gasteiger charge is -2.44. The Balaban J connectivity index is 2.04. The summed E-state index contributed by atoms with van der Waals surface area (Å²) in [6, 6.07) is 0.696. The molecule has 2 nitrogen and oxygen atoms in total. The lowest BCUT2D eigenvalue weighted by atomic mass is 9.87. The van der Waals surface area contributed by atoms with E-state index in [4.69, 9.17) is 0 Å². The quantitative estimate of drug-likeness (QED) is 0.730. The third-order valence-corrected chi connectivity index (χ3v) is 3.92. The van der Waals surface area contributed by atoms with Gasteiger partial charge in [0.15, 0.2) is 0 Å². The zero-order valence-corrected chi connectivity index (χ0v) is 10.2. The molecule has 2 heteroatoms. The fourth-order valence-electron chi connectivity index (χ4n) is 2.73. The second-order valence-corrected chi connectivity index (χ2v) is 4.74. The van der Waals surface area contributed by atoms with Gasteiger partial charge in [0.05, 0.1) is 5.54 Å². The van der Waals surface area contributed by atoms with Crippen LogP contribution in [0.5, 0.6) is 0 Å². The Kier molecular flexibility index (Phi) is 3.62. The van der Waals surface area contributed by atoms with E-state index in [-0.39, 0.29) is 5.54 Å². The third kappa shape index (κ3) is 2.13. The van der Waals surface area contributed by atoms with E-state index in [1.54, 1.807) is 0 Å². The van der Waals surface area contributed by atoms with Gasteiger partial charge in [-0.3, -0.25) is 4.90 Å². The molecule has 0 aromatic rings. The predicted molar refractivity (Wildman–Crippen MR) is 69.5 cm³/mol. The van der Waals surface area contributed by atoms with Crippen LogP contribution < -0.4 is 5.32 Å². The molecule has 1 fully saturated rings. The summed E-state index contributed by atoms with van der Waals surface area (Å²) in [4.78, 5) is 2.56. The van der Waals surface area contributed by atoms with Crippen molar-refractivity contribution in [2.24, 2.45) is 0 Å². The molecule has 2 rings (SSSR count). The van der Waals surface area contributed by atoms with Crippen LogP contribution in [0.2, 0.25) is 0 Å². The van der Waals surface area contributed by atoms with Gasteiger partial charge in [0.1, 0.15) is 0 Å². The second-order valence-electron chi connectivity index (χ2n) is 4.74. The van der Waals surface area contributed by atoms with E-state index in [1.807, 2.05) is 0 Å². The number of allylic oxidation sites excluding steroid dienone is 2. The molecule has 0 spiro atoms. The molecule has 1 aliphatic heterocycles. The topological polar surface area (TPSA) is 15.3 Å². The molecule has 1 heterocycles. The summed E-state index contributed by atoms with van der Waals surface area (Å²) in [7, 11) is 2.06. The lowest BCUT2D eigenvalue weighted by Crippen LogP contribution is -2.52.